The summed E-state index contributed by atoms with van der Waals surface area (Å²) < 4.78 is 29.3. The second-order valence-electron chi connectivity index (χ2n) is 8.78. The molecular formula is C23H29F2N5S. The van der Waals surface area contributed by atoms with Crippen LogP contribution in [0.3, 0.4) is 0 Å². The summed E-state index contributed by atoms with van der Waals surface area (Å²) >= 11 is 4.63. The van der Waals surface area contributed by atoms with E-state index in [1.165, 1.54) is 29.5 Å². The number of nitrogens with zero attached hydrogens (tertiary/aromatic N) is 3. The van der Waals surface area contributed by atoms with Crippen LogP contribution in [0.5, 0.6) is 0 Å². The number of halogens is 2. The Kier molecular flexibility index (Phi) is 7.23. The van der Waals surface area contributed by atoms with Gasteiger partial charge in [0.2, 0.25) is 0 Å². The van der Waals surface area contributed by atoms with Gasteiger partial charge in [-0.05, 0) is 40.9 Å². The first-order valence-corrected chi connectivity index (χ1v) is 10.7. The molecule has 0 saturated carbocycles. The Bertz CT molecular complexity index is 922. The van der Waals surface area contributed by atoms with Crippen molar-refractivity contribution < 1.29 is 8.78 Å². The molecule has 166 valence electrons. The molecule has 31 heavy (non-hydrogen) atoms. The number of hydrogen-bond donors (Lipinski definition) is 2. The van der Waals surface area contributed by atoms with E-state index in [1.807, 2.05) is 0 Å². The zero-order chi connectivity index (χ0) is 22.6. The first-order chi connectivity index (χ1) is 14.6. The Hall–Kier alpha value is -2.58. The molecule has 0 bridgehead atoms. The Morgan fingerprint density at radius 1 is 1.10 bits per heavy atom. The van der Waals surface area contributed by atoms with Gasteiger partial charge in [0.1, 0.15) is 17.3 Å². The SMILES string of the molecule is CC(C)(C)c1ccc(CN2CCN(c3c(F)cc(C=NNC(N)=S)cc3F)CC2)cc1. The van der Waals surface area contributed by atoms with Gasteiger partial charge in [-0.1, -0.05) is 45.0 Å². The fourth-order valence-electron chi connectivity index (χ4n) is 3.63. The molecule has 1 fully saturated rings. The van der Waals surface area contributed by atoms with E-state index < -0.39 is 11.6 Å². The highest BCUT2D eigenvalue weighted by atomic mass is 32.1. The van der Waals surface area contributed by atoms with Crippen molar-refractivity contribution in [2.45, 2.75) is 32.7 Å². The molecule has 0 radical (unpaired) electrons. The van der Waals surface area contributed by atoms with Gasteiger partial charge in [0.15, 0.2) is 5.11 Å². The van der Waals surface area contributed by atoms with Crippen LogP contribution in [0.2, 0.25) is 0 Å². The minimum Gasteiger partial charge on any atom is -0.375 e. The third kappa shape index (κ3) is 6.21. The molecule has 0 aromatic heterocycles. The lowest BCUT2D eigenvalue weighted by Gasteiger charge is -2.36. The lowest BCUT2D eigenvalue weighted by Crippen LogP contribution is -2.46. The van der Waals surface area contributed by atoms with Gasteiger partial charge in [-0.15, -0.1) is 0 Å². The average molecular weight is 446 g/mol. The Labute approximate surface area is 187 Å². The minimum atomic E-state index is -0.608. The summed E-state index contributed by atoms with van der Waals surface area (Å²) in [5, 5.41) is 3.72. The summed E-state index contributed by atoms with van der Waals surface area (Å²) in [6, 6.07) is 11.2. The van der Waals surface area contributed by atoms with Gasteiger partial charge in [0.05, 0.1) is 6.21 Å². The molecule has 1 aliphatic heterocycles. The largest absolute Gasteiger partial charge is 0.375 e. The van der Waals surface area contributed by atoms with Gasteiger partial charge in [-0.25, -0.2) is 8.78 Å². The van der Waals surface area contributed by atoms with Crippen molar-refractivity contribution in [1.29, 1.82) is 0 Å². The number of anilines is 1. The number of hydrazone groups is 1. The Morgan fingerprint density at radius 3 is 2.19 bits per heavy atom. The van der Waals surface area contributed by atoms with E-state index in [0.717, 1.165) is 19.6 Å². The predicted molar refractivity (Wildman–Crippen MR) is 127 cm³/mol. The summed E-state index contributed by atoms with van der Waals surface area (Å²) in [5.74, 6) is -1.22. The molecule has 0 unspecified atom stereocenters. The maximum Gasteiger partial charge on any atom is 0.184 e. The normalized spacial score (nSPS) is 15.5. The van der Waals surface area contributed by atoms with Crippen LogP contribution in [0, 0.1) is 11.6 Å². The molecule has 0 spiro atoms. The topological polar surface area (TPSA) is 56.9 Å². The molecule has 1 saturated heterocycles. The van der Waals surface area contributed by atoms with Crippen molar-refractivity contribution in [3.05, 3.63) is 64.7 Å². The number of nitrogens with one attached hydrogen (secondary N) is 1. The fraction of sp³-hybridized carbons (Fsp3) is 0.391. The van der Waals surface area contributed by atoms with Crippen LogP contribution < -0.4 is 16.1 Å². The van der Waals surface area contributed by atoms with Crippen molar-refractivity contribution in [3.8, 4) is 0 Å². The predicted octanol–water partition coefficient (Wildman–Crippen LogP) is 3.75. The van der Waals surface area contributed by atoms with Crippen LogP contribution in [0.15, 0.2) is 41.5 Å². The number of nitrogens with two attached hydrogens (primary N) is 1. The van der Waals surface area contributed by atoms with Crippen molar-refractivity contribution >= 4 is 29.2 Å². The van der Waals surface area contributed by atoms with Crippen molar-refractivity contribution in [2.75, 3.05) is 31.1 Å². The minimum absolute atomic E-state index is 0.00800. The van der Waals surface area contributed by atoms with E-state index >= 15 is 0 Å². The third-order valence-electron chi connectivity index (χ3n) is 5.34. The molecule has 0 atom stereocenters. The van der Waals surface area contributed by atoms with E-state index in [1.54, 1.807) is 4.90 Å². The summed E-state index contributed by atoms with van der Waals surface area (Å²) in [7, 11) is 0. The van der Waals surface area contributed by atoms with Crippen molar-refractivity contribution in [1.82, 2.24) is 10.3 Å². The van der Waals surface area contributed by atoms with E-state index in [-0.39, 0.29) is 16.2 Å². The monoisotopic (exact) mass is 445 g/mol. The molecule has 1 heterocycles. The highest BCUT2D eigenvalue weighted by molar-refractivity contribution is 7.80. The zero-order valence-electron chi connectivity index (χ0n) is 18.2. The number of hydrogen-bond acceptors (Lipinski definition) is 4. The maximum absolute atomic E-state index is 14.6. The Morgan fingerprint density at radius 2 is 1.68 bits per heavy atom. The molecule has 1 aliphatic rings. The van der Waals surface area contributed by atoms with Gasteiger partial charge >= 0.3 is 0 Å². The second-order valence-corrected chi connectivity index (χ2v) is 9.22. The van der Waals surface area contributed by atoms with E-state index in [2.05, 4.69) is 72.7 Å². The number of thiocarbonyl (C=S) groups is 1. The Balaban J connectivity index is 1.60. The van der Waals surface area contributed by atoms with Gasteiger partial charge in [0.25, 0.3) is 0 Å². The lowest BCUT2D eigenvalue weighted by molar-refractivity contribution is 0.248. The van der Waals surface area contributed by atoms with Crippen molar-refractivity contribution in [3.63, 3.8) is 0 Å². The van der Waals surface area contributed by atoms with Crippen molar-refractivity contribution in [2.24, 2.45) is 10.8 Å². The van der Waals surface area contributed by atoms with Gasteiger partial charge < -0.3 is 10.6 Å². The summed E-state index contributed by atoms with van der Waals surface area (Å²) in [6.07, 6.45) is 1.28. The molecule has 0 aliphatic carbocycles. The average Bonchev–Trinajstić information content (AvgIpc) is 2.68. The molecule has 8 heteroatoms. The summed E-state index contributed by atoms with van der Waals surface area (Å²) in [5.41, 5.74) is 10.6. The molecule has 0 amide bonds. The molecular weight excluding hydrogens is 416 g/mol. The molecule has 3 N–H and O–H groups in total. The van der Waals surface area contributed by atoms with Gasteiger partial charge in [-0.3, -0.25) is 10.3 Å². The van der Waals surface area contributed by atoms with Gasteiger partial charge in [-0.2, -0.15) is 5.10 Å². The highest BCUT2D eigenvalue weighted by Crippen LogP contribution is 2.26. The van der Waals surface area contributed by atoms with Crippen LogP contribution in [0.1, 0.15) is 37.5 Å². The first kappa shape index (κ1) is 23.1. The zero-order valence-corrected chi connectivity index (χ0v) is 19.0. The maximum atomic E-state index is 14.6. The number of piperazine rings is 1. The summed E-state index contributed by atoms with van der Waals surface area (Å²) in [4.78, 5) is 4.07. The highest BCUT2D eigenvalue weighted by Gasteiger charge is 2.23. The smallest absolute Gasteiger partial charge is 0.184 e. The van der Waals surface area contributed by atoms with Crippen LogP contribution in [-0.4, -0.2) is 42.4 Å². The second kappa shape index (κ2) is 9.70. The van der Waals surface area contributed by atoms with Crippen LogP contribution in [-0.2, 0) is 12.0 Å². The van der Waals surface area contributed by atoms with Gasteiger partial charge in [0, 0.05) is 38.3 Å². The first-order valence-electron chi connectivity index (χ1n) is 10.3. The lowest BCUT2D eigenvalue weighted by atomic mass is 9.87. The van der Waals surface area contributed by atoms with E-state index in [4.69, 9.17) is 5.73 Å². The molecule has 3 rings (SSSR count). The van der Waals surface area contributed by atoms with Crippen LogP contribution in [0.4, 0.5) is 14.5 Å². The number of benzene rings is 2. The molecule has 2 aromatic rings. The number of rotatable bonds is 5. The molecule has 5 nitrogen and oxygen atoms in total. The van der Waals surface area contributed by atoms with E-state index in [9.17, 15) is 8.78 Å². The van der Waals surface area contributed by atoms with Crippen LogP contribution >= 0.6 is 12.2 Å². The quantitative estimate of drug-likeness (QED) is 0.417. The third-order valence-corrected chi connectivity index (χ3v) is 5.43. The summed E-state index contributed by atoms with van der Waals surface area (Å²) in [6.45, 7) is 10.0. The molecule has 2 aromatic carbocycles. The van der Waals surface area contributed by atoms with Crippen LogP contribution in [0.25, 0.3) is 0 Å². The fourth-order valence-corrected chi connectivity index (χ4v) is 3.68. The standard InChI is InChI=1S/C23H29F2N5S/c1-23(2,3)18-6-4-16(5-7-18)15-29-8-10-30(11-9-29)21-19(24)12-17(13-20(21)25)14-27-28-22(26)31/h4-7,12-14H,8-11,15H2,1-3H3,(H3,26,28,31). The van der Waals surface area contributed by atoms with E-state index in [0.29, 0.717) is 18.7 Å².